The van der Waals surface area contributed by atoms with Crippen LogP contribution in [0.1, 0.15) is 32.4 Å². The minimum absolute atomic E-state index is 0.120. The van der Waals surface area contributed by atoms with Gasteiger partial charge >= 0.3 is 0 Å². The Morgan fingerprint density at radius 3 is 2.43 bits per heavy atom. The summed E-state index contributed by atoms with van der Waals surface area (Å²) < 4.78 is 14.5. The molecule has 0 aliphatic heterocycles. The molecule has 3 heteroatoms. The van der Waals surface area contributed by atoms with E-state index in [0.717, 1.165) is 3.57 Å². The lowest BCUT2D eigenvalue weighted by atomic mass is 9.83. The maximum atomic E-state index is 13.5. The molecule has 0 saturated heterocycles. The van der Waals surface area contributed by atoms with E-state index >= 15 is 0 Å². The van der Waals surface area contributed by atoms with Crippen molar-refractivity contribution in [2.45, 2.75) is 26.8 Å². The summed E-state index contributed by atoms with van der Waals surface area (Å²) in [5.41, 5.74) is 6.48. The van der Waals surface area contributed by atoms with Gasteiger partial charge in [-0.05, 0) is 46.2 Å². The monoisotopic (exact) mass is 307 g/mol. The molecule has 1 atom stereocenters. The molecule has 14 heavy (non-hydrogen) atoms. The van der Waals surface area contributed by atoms with Gasteiger partial charge in [0.2, 0.25) is 0 Å². The molecule has 1 aromatic rings. The van der Waals surface area contributed by atoms with Gasteiger partial charge < -0.3 is 5.73 Å². The molecular weight excluding hydrogens is 292 g/mol. The number of benzene rings is 1. The molecule has 0 amide bonds. The van der Waals surface area contributed by atoms with Crippen molar-refractivity contribution >= 4 is 22.6 Å². The molecule has 0 aromatic heterocycles. The molecule has 2 N–H and O–H groups in total. The van der Waals surface area contributed by atoms with Gasteiger partial charge in [0.15, 0.2) is 0 Å². The van der Waals surface area contributed by atoms with Gasteiger partial charge in [-0.3, -0.25) is 0 Å². The highest BCUT2D eigenvalue weighted by molar-refractivity contribution is 14.1. The van der Waals surface area contributed by atoms with Crippen molar-refractivity contribution in [3.8, 4) is 0 Å². The molecule has 0 aliphatic rings. The van der Waals surface area contributed by atoms with Gasteiger partial charge in [-0.25, -0.2) is 4.39 Å². The molecule has 0 saturated carbocycles. The highest BCUT2D eigenvalue weighted by Gasteiger charge is 2.24. The average Bonchev–Trinajstić information content (AvgIpc) is 2.06. The zero-order valence-corrected chi connectivity index (χ0v) is 10.8. The first-order chi connectivity index (χ1) is 6.32. The Kier molecular flexibility index (Phi) is 3.53. The molecule has 0 radical (unpaired) electrons. The van der Waals surface area contributed by atoms with Crippen molar-refractivity contribution in [3.05, 3.63) is 33.1 Å². The zero-order chi connectivity index (χ0) is 10.9. The SMILES string of the molecule is CC(C)(C)[C@H](N)c1cc(I)ccc1F. The first kappa shape index (κ1) is 11.9. The molecule has 1 aromatic carbocycles. The van der Waals surface area contributed by atoms with Crippen molar-refractivity contribution in [2.75, 3.05) is 0 Å². The van der Waals surface area contributed by atoms with Crippen molar-refractivity contribution in [3.63, 3.8) is 0 Å². The van der Waals surface area contributed by atoms with Crippen LogP contribution in [-0.4, -0.2) is 0 Å². The summed E-state index contributed by atoms with van der Waals surface area (Å²) in [5, 5.41) is 0. The molecule has 0 fully saturated rings. The Morgan fingerprint density at radius 1 is 1.36 bits per heavy atom. The third-order valence-electron chi connectivity index (χ3n) is 2.23. The molecule has 0 spiro atoms. The van der Waals surface area contributed by atoms with Crippen molar-refractivity contribution in [2.24, 2.45) is 11.1 Å². The van der Waals surface area contributed by atoms with Crippen molar-refractivity contribution in [1.29, 1.82) is 0 Å². The second-order valence-corrected chi connectivity index (χ2v) is 5.76. The van der Waals surface area contributed by atoms with Crippen LogP contribution in [0.15, 0.2) is 18.2 Å². The second kappa shape index (κ2) is 4.14. The summed E-state index contributed by atoms with van der Waals surface area (Å²) >= 11 is 2.16. The molecule has 0 aliphatic carbocycles. The number of hydrogen-bond donors (Lipinski definition) is 1. The summed E-state index contributed by atoms with van der Waals surface area (Å²) in [4.78, 5) is 0. The first-order valence-electron chi connectivity index (χ1n) is 4.53. The standard InChI is InChI=1S/C11H15FIN/c1-11(2,3)10(14)8-6-7(13)4-5-9(8)12/h4-6,10H,14H2,1-3H3/t10-/m1/s1. The van der Waals surface area contributed by atoms with Crippen molar-refractivity contribution in [1.82, 2.24) is 0 Å². The molecule has 78 valence electrons. The summed E-state index contributed by atoms with van der Waals surface area (Å²) in [5.74, 6) is -0.215. The van der Waals surface area contributed by atoms with Crippen molar-refractivity contribution < 1.29 is 4.39 Å². The minimum Gasteiger partial charge on any atom is -0.323 e. The zero-order valence-electron chi connectivity index (χ0n) is 8.64. The minimum atomic E-state index is -0.266. The Morgan fingerprint density at radius 2 is 1.93 bits per heavy atom. The number of nitrogens with two attached hydrogens (primary N) is 1. The van der Waals surface area contributed by atoms with Gasteiger partial charge in [-0.2, -0.15) is 0 Å². The third-order valence-corrected chi connectivity index (χ3v) is 2.90. The van der Waals surface area contributed by atoms with Crippen LogP contribution in [0.4, 0.5) is 4.39 Å². The van der Waals surface area contributed by atoms with E-state index in [1.165, 1.54) is 6.07 Å². The number of hydrogen-bond acceptors (Lipinski definition) is 1. The van der Waals surface area contributed by atoms with Crippen LogP contribution in [0.5, 0.6) is 0 Å². The summed E-state index contributed by atoms with van der Waals surface area (Å²) in [6.07, 6.45) is 0. The summed E-state index contributed by atoms with van der Waals surface area (Å²) in [6, 6.07) is 4.76. The lowest BCUT2D eigenvalue weighted by molar-refractivity contribution is 0.319. The van der Waals surface area contributed by atoms with Crippen LogP contribution in [0.3, 0.4) is 0 Å². The van der Waals surface area contributed by atoms with E-state index < -0.39 is 0 Å². The fourth-order valence-electron chi connectivity index (χ4n) is 1.22. The highest BCUT2D eigenvalue weighted by atomic mass is 127. The Hall–Kier alpha value is -0.160. The Balaban J connectivity index is 3.12. The predicted octanol–water partition coefficient (Wildman–Crippen LogP) is 3.48. The molecule has 0 heterocycles. The van der Waals surface area contributed by atoms with Crippen LogP contribution in [0.2, 0.25) is 0 Å². The Bertz CT molecular complexity index is 331. The maximum absolute atomic E-state index is 13.5. The third kappa shape index (κ3) is 2.67. The smallest absolute Gasteiger partial charge is 0.128 e. The van der Waals surface area contributed by atoms with E-state index in [1.54, 1.807) is 6.07 Å². The van der Waals surface area contributed by atoms with Crippen LogP contribution in [-0.2, 0) is 0 Å². The van der Waals surface area contributed by atoms with E-state index in [2.05, 4.69) is 22.6 Å². The van der Waals surface area contributed by atoms with Crippen LogP contribution >= 0.6 is 22.6 Å². The van der Waals surface area contributed by atoms with Gasteiger partial charge in [0.05, 0.1) is 0 Å². The van der Waals surface area contributed by atoms with E-state index in [1.807, 2.05) is 26.8 Å². The summed E-state index contributed by atoms with van der Waals surface area (Å²) in [6.45, 7) is 6.03. The molecule has 0 bridgehead atoms. The lowest BCUT2D eigenvalue weighted by Crippen LogP contribution is -2.27. The van der Waals surface area contributed by atoms with Gasteiger partial charge in [0.25, 0.3) is 0 Å². The number of rotatable bonds is 1. The second-order valence-electron chi connectivity index (χ2n) is 4.51. The van der Waals surface area contributed by atoms with Crippen LogP contribution in [0.25, 0.3) is 0 Å². The fraction of sp³-hybridized carbons (Fsp3) is 0.455. The topological polar surface area (TPSA) is 26.0 Å². The lowest BCUT2D eigenvalue weighted by Gasteiger charge is -2.27. The van der Waals surface area contributed by atoms with E-state index in [9.17, 15) is 4.39 Å². The van der Waals surface area contributed by atoms with E-state index in [0.29, 0.717) is 5.56 Å². The largest absolute Gasteiger partial charge is 0.323 e. The quantitative estimate of drug-likeness (QED) is 0.790. The molecular formula is C11H15FIN. The predicted molar refractivity (Wildman–Crippen MR) is 65.5 cm³/mol. The van der Waals surface area contributed by atoms with Gasteiger partial charge in [-0.15, -0.1) is 0 Å². The first-order valence-corrected chi connectivity index (χ1v) is 5.61. The van der Waals surface area contributed by atoms with E-state index in [4.69, 9.17) is 5.73 Å². The normalized spacial score (nSPS) is 14.1. The fourth-order valence-corrected chi connectivity index (χ4v) is 1.73. The number of halogens is 2. The van der Waals surface area contributed by atoms with E-state index in [-0.39, 0.29) is 17.3 Å². The summed E-state index contributed by atoms with van der Waals surface area (Å²) in [7, 11) is 0. The van der Waals surface area contributed by atoms with Crippen LogP contribution < -0.4 is 5.73 Å². The van der Waals surface area contributed by atoms with Gasteiger partial charge in [-0.1, -0.05) is 20.8 Å². The molecule has 1 nitrogen and oxygen atoms in total. The van der Waals surface area contributed by atoms with Crippen LogP contribution in [0, 0.1) is 14.8 Å². The molecule has 1 rings (SSSR count). The molecule has 0 unspecified atom stereocenters. The average molecular weight is 307 g/mol. The van der Waals surface area contributed by atoms with Gasteiger partial charge in [0, 0.05) is 15.2 Å². The maximum Gasteiger partial charge on any atom is 0.128 e. The van der Waals surface area contributed by atoms with Gasteiger partial charge in [0.1, 0.15) is 5.82 Å². The Labute approximate surface area is 98.0 Å². The highest BCUT2D eigenvalue weighted by Crippen LogP contribution is 2.32.